The van der Waals surface area contributed by atoms with Crippen LogP contribution in [0.15, 0.2) is 24.3 Å². The molecule has 1 aliphatic carbocycles. The molecule has 1 aliphatic rings. The van der Waals surface area contributed by atoms with Gasteiger partial charge >= 0.3 is 0 Å². The van der Waals surface area contributed by atoms with E-state index in [0.29, 0.717) is 0 Å². The molecule has 3 nitrogen and oxygen atoms in total. The number of hydrogen-bond donors (Lipinski definition) is 0. The average Bonchev–Trinajstić information content (AvgIpc) is 2.17. The van der Waals surface area contributed by atoms with Gasteiger partial charge in [-0.2, -0.15) is 0 Å². The van der Waals surface area contributed by atoms with E-state index in [1.54, 1.807) is 26.2 Å². The predicted octanol–water partition coefficient (Wildman–Crippen LogP) is 2.43. The fraction of sp³-hybridized carbons (Fsp3) is 0.400. The number of halogens is 1. The minimum atomic E-state index is -0.648. The summed E-state index contributed by atoms with van der Waals surface area (Å²) in [6, 6.07) is 0. The monoisotopic (exact) mass is 289 g/mol. The van der Waals surface area contributed by atoms with Crippen LogP contribution in [0, 0.1) is 5.92 Å². The summed E-state index contributed by atoms with van der Waals surface area (Å²) in [5, 5.41) is -0.0846. The summed E-state index contributed by atoms with van der Waals surface area (Å²) in [5.74, 6) is -0.323. The summed E-state index contributed by atoms with van der Waals surface area (Å²) in [4.78, 5) is 23.9. The van der Waals surface area contributed by atoms with Crippen molar-refractivity contribution < 1.29 is 9.59 Å². The SMILES string of the molecule is CN(C)C(=O)SC1(Br)C=CC=CC1C=O. The predicted molar refractivity (Wildman–Crippen MR) is 66.2 cm³/mol. The fourth-order valence-corrected chi connectivity index (χ4v) is 2.77. The summed E-state index contributed by atoms with van der Waals surface area (Å²) >= 11 is 4.54. The Labute approximate surface area is 102 Å². The van der Waals surface area contributed by atoms with Gasteiger partial charge in [-0.15, -0.1) is 0 Å². The number of alkyl halides is 1. The summed E-state index contributed by atoms with van der Waals surface area (Å²) < 4.78 is -0.648. The van der Waals surface area contributed by atoms with Crippen LogP contribution in [-0.4, -0.2) is 34.2 Å². The third-order valence-corrected chi connectivity index (χ3v) is 4.50. The van der Waals surface area contributed by atoms with Gasteiger partial charge in [0.25, 0.3) is 5.24 Å². The van der Waals surface area contributed by atoms with Gasteiger partial charge in [0.2, 0.25) is 0 Å². The topological polar surface area (TPSA) is 37.4 Å². The largest absolute Gasteiger partial charge is 0.340 e. The number of amides is 1. The van der Waals surface area contributed by atoms with E-state index in [9.17, 15) is 9.59 Å². The van der Waals surface area contributed by atoms with Gasteiger partial charge in [-0.05, 0) is 11.8 Å². The molecule has 0 N–H and O–H groups in total. The van der Waals surface area contributed by atoms with Crippen LogP contribution < -0.4 is 0 Å². The third-order valence-electron chi connectivity index (χ3n) is 1.96. The zero-order chi connectivity index (χ0) is 11.5. The van der Waals surface area contributed by atoms with Crippen LogP contribution in [0.2, 0.25) is 0 Å². The van der Waals surface area contributed by atoms with Crippen LogP contribution >= 0.6 is 27.7 Å². The zero-order valence-corrected chi connectivity index (χ0v) is 10.9. The number of thioether (sulfide) groups is 1. The second-order valence-electron chi connectivity index (χ2n) is 3.37. The first kappa shape index (κ1) is 12.5. The second-order valence-corrected chi connectivity index (χ2v) is 6.43. The molecule has 0 spiro atoms. The lowest BCUT2D eigenvalue weighted by molar-refractivity contribution is -0.109. The Balaban J connectivity index is 2.81. The van der Waals surface area contributed by atoms with Crippen molar-refractivity contribution in [3.8, 4) is 0 Å². The van der Waals surface area contributed by atoms with E-state index in [1.165, 1.54) is 4.90 Å². The molecule has 1 amide bonds. The highest BCUT2D eigenvalue weighted by Crippen LogP contribution is 2.43. The molecule has 0 aliphatic heterocycles. The van der Waals surface area contributed by atoms with Crippen LogP contribution in [0.1, 0.15) is 0 Å². The van der Waals surface area contributed by atoms with Crippen molar-refractivity contribution >= 4 is 39.2 Å². The summed E-state index contributed by atoms with van der Waals surface area (Å²) in [6.07, 6.45) is 8.06. The van der Waals surface area contributed by atoms with E-state index in [2.05, 4.69) is 15.9 Å². The van der Waals surface area contributed by atoms with E-state index in [4.69, 9.17) is 0 Å². The highest BCUT2D eigenvalue weighted by atomic mass is 79.9. The zero-order valence-electron chi connectivity index (χ0n) is 8.51. The van der Waals surface area contributed by atoms with Crippen LogP contribution in [-0.2, 0) is 4.79 Å². The number of carbonyl (C=O) groups is 2. The maximum absolute atomic E-state index is 11.6. The lowest BCUT2D eigenvalue weighted by atomic mass is 10.0. The molecule has 0 heterocycles. The molecule has 2 unspecified atom stereocenters. The van der Waals surface area contributed by atoms with Gasteiger partial charge in [0.1, 0.15) is 9.94 Å². The molecule has 2 atom stereocenters. The molecule has 0 fully saturated rings. The van der Waals surface area contributed by atoms with Gasteiger partial charge < -0.3 is 9.69 Å². The van der Waals surface area contributed by atoms with E-state index in [-0.39, 0.29) is 11.2 Å². The Bertz CT molecular complexity index is 327. The quantitative estimate of drug-likeness (QED) is 0.579. The van der Waals surface area contributed by atoms with Crippen molar-refractivity contribution in [3.05, 3.63) is 24.3 Å². The van der Waals surface area contributed by atoms with E-state index < -0.39 is 3.66 Å². The van der Waals surface area contributed by atoms with Crippen LogP contribution in [0.4, 0.5) is 4.79 Å². The first-order chi connectivity index (χ1) is 6.99. The Morgan fingerprint density at radius 2 is 2.20 bits per heavy atom. The van der Waals surface area contributed by atoms with Gasteiger partial charge in [-0.25, -0.2) is 0 Å². The van der Waals surface area contributed by atoms with Gasteiger partial charge in [-0.1, -0.05) is 40.2 Å². The number of aldehydes is 1. The maximum atomic E-state index is 11.6. The third kappa shape index (κ3) is 2.95. The van der Waals surface area contributed by atoms with Gasteiger partial charge in [-0.3, -0.25) is 4.79 Å². The van der Waals surface area contributed by atoms with Crippen LogP contribution in [0.3, 0.4) is 0 Å². The molecule has 0 saturated heterocycles. The lowest BCUT2D eigenvalue weighted by Crippen LogP contribution is -2.31. The number of allylic oxidation sites excluding steroid dienone is 3. The number of rotatable bonds is 2. The van der Waals surface area contributed by atoms with Crippen molar-refractivity contribution in [2.75, 3.05) is 14.1 Å². The van der Waals surface area contributed by atoms with E-state index in [1.807, 2.05) is 12.2 Å². The van der Waals surface area contributed by atoms with Crippen molar-refractivity contribution in [1.82, 2.24) is 4.90 Å². The number of hydrogen-bond acceptors (Lipinski definition) is 3. The fourth-order valence-electron chi connectivity index (χ4n) is 1.08. The molecule has 15 heavy (non-hydrogen) atoms. The summed E-state index contributed by atoms with van der Waals surface area (Å²) in [5.41, 5.74) is 0. The molecule has 82 valence electrons. The van der Waals surface area contributed by atoms with Crippen molar-refractivity contribution in [2.45, 2.75) is 3.66 Å². The van der Waals surface area contributed by atoms with Gasteiger partial charge in [0.05, 0.1) is 5.92 Å². The molecule has 5 heteroatoms. The van der Waals surface area contributed by atoms with Gasteiger partial charge in [0.15, 0.2) is 0 Å². The molecular weight excluding hydrogens is 278 g/mol. The van der Waals surface area contributed by atoms with Crippen LogP contribution in [0.5, 0.6) is 0 Å². The van der Waals surface area contributed by atoms with Crippen molar-refractivity contribution in [2.24, 2.45) is 5.92 Å². The van der Waals surface area contributed by atoms with E-state index in [0.717, 1.165) is 18.0 Å². The molecule has 0 aromatic carbocycles. The van der Waals surface area contributed by atoms with E-state index >= 15 is 0 Å². The standard InChI is InChI=1S/C10H12BrNO2S/c1-12(2)9(14)15-10(11)6-4-3-5-8(10)7-13/h3-8H,1-2H3. The first-order valence-corrected chi connectivity index (χ1v) is 6.01. The minimum Gasteiger partial charge on any atom is -0.340 e. The molecule has 1 rings (SSSR count). The highest BCUT2D eigenvalue weighted by molar-refractivity contribution is 9.12. The maximum Gasteiger partial charge on any atom is 0.282 e. The first-order valence-electron chi connectivity index (χ1n) is 4.40. The molecular formula is C10H12BrNO2S. The number of carbonyl (C=O) groups excluding carboxylic acids is 2. The Morgan fingerprint density at radius 1 is 1.53 bits per heavy atom. The molecule has 0 aromatic heterocycles. The minimum absolute atomic E-state index is 0.0846. The second kappa shape index (κ2) is 4.99. The van der Waals surface area contributed by atoms with Gasteiger partial charge in [0, 0.05) is 14.1 Å². The summed E-state index contributed by atoms with van der Waals surface area (Å²) in [7, 11) is 3.37. The van der Waals surface area contributed by atoms with Crippen LogP contribution in [0.25, 0.3) is 0 Å². The van der Waals surface area contributed by atoms with Crippen molar-refractivity contribution in [3.63, 3.8) is 0 Å². The molecule has 0 radical (unpaired) electrons. The number of nitrogens with zero attached hydrogens (tertiary/aromatic N) is 1. The van der Waals surface area contributed by atoms with Crippen molar-refractivity contribution in [1.29, 1.82) is 0 Å². The molecule has 0 aromatic rings. The highest BCUT2D eigenvalue weighted by Gasteiger charge is 2.37. The lowest BCUT2D eigenvalue weighted by Gasteiger charge is -2.29. The molecule has 0 bridgehead atoms. The summed E-state index contributed by atoms with van der Waals surface area (Å²) in [6.45, 7) is 0. The molecule has 0 saturated carbocycles. The average molecular weight is 290 g/mol. The smallest absolute Gasteiger partial charge is 0.282 e. The normalized spacial score (nSPS) is 28.9. The Morgan fingerprint density at radius 3 is 2.73 bits per heavy atom. The Hall–Kier alpha value is -0.550. The Kier molecular flexibility index (Phi) is 4.16.